The molecule has 1 saturated carbocycles. The summed E-state index contributed by atoms with van der Waals surface area (Å²) in [6.07, 6.45) is 5.95. The normalized spacial score (nSPS) is 33.0. The topological polar surface area (TPSA) is 12.0 Å². The van der Waals surface area contributed by atoms with Crippen LogP contribution in [0.4, 0.5) is 0 Å². The molecule has 1 nitrogen and oxygen atoms in total. The van der Waals surface area contributed by atoms with E-state index in [0.29, 0.717) is 0 Å². The molecule has 46 valence electrons. The fraction of sp³-hybridized carbons (Fsp3) is 1.00. The quantitative estimate of drug-likeness (QED) is 0.494. The Kier molecular flexibility index (Phi) is 0.884. The van der Waals surface area contributed by atoms with Crippen LogP contribution >= 0.6 is 0 Å². The standard InChI is InChI=1S/C7H13N/c1-2-7(1)3-5-8-6-4-7/h8H,1-6H2. The maximum absolute atomic E-state index is 3.38. The van der Waals surface area contributed by atoms with Gasteiger partial charge in [-0.2, -0.15) is 0 Å². The molecule has 2 rings (SSSR count). The zero-order valence-electron chi connectivity index (χ0n) is 5.24. The van der Waals surface area contributed by atoms with E-state index < -0.39 is 0 Å². The van der Waals surface area contributed by atoms with E-state index in [9.17, 15) is 0 Å². The van der Waals surface area contributed by atoms with E-state index in [-0.39, 0.29) is 0 Å². The summed E-state index contributed by atoms with van der Waals surface area (Å²) < 4.78 is 0. The molecular formula is C7H13N. The first kappa shape index (κ1) is 4.80. The van der Waals surface area contributed by atoms with Gasteiger partial charge in [0.2, 0.25) is 0 Å². The Morgan fingerprint density at radius 1 is 0.875 bits per heavy atom. The van der Waals surface area contributed by atoms with Gasteiger partial charge < -0.3 is 5.32 Å². The molecule has 0 bridgehead atoms. The molecule has 1 spiro atoms. The lowest BCUT2D eigenvalue weighted by Crippen LogP contribution is -2.28. The summed E-state index contributed by atoms with van der Waals surface area (Å²) in [5, 5.41) is 3.38. The van der Waals surface area contributed by atoms with Crippen LogP contribution in [0.25, 0.3) is 0 Å². The summed E-state index contributed by atoms with van der Waals surface area (Å²) >= 11 is 0. The Morgan fingerprint density at radius 2 is 1.50 bits per heavy atom. The second-order valence-corrected chi connectivity index (χ2v) is 3.25. The minimum absolute atomic E-state index is 0.866. The van der Waals surface area contributed by atoms with E-state index >= 15 is 0 Å². The summed E-state index contributed by atoms with van der Waals surface area (Å²) in [6.45, 7) is 2.56. The van der Waals surface area contributed by atoms with Crippen molar-refractivity contribution in [2.24, 2.45) is 5.41 Å². The molecule has 0 aromatic rings. The van der Waals surface area contributed by atoms with Crippen LogP contribution in [-0.4, -0.2) is 13.1 Å². The van der Waals surface area contributed by atoms with Crippen LogP contribution < -0.4 is 5.32 Å². The summed E-state index contributed by atoms with van der Waals surface area (Å²) in [7, 11) is 0. The molecule has 1 heterocycles. The Labute approximate surface area is 50.5 Å². The summed E-state index contributed by atoms with van der Waals surface area (Å²) in [4.78, 5) is 0. The number of hydrogen-bond acceptors (Lipinski definition) is 1. The van der Waals surface area contributed by atoms with E-state index in [2.05, 4.69) is 5.32 Å². The molecule has 1 heteroatoms. The second kappa shape index (κ2) is 1.47. The Balaban J connectivity index is 1.95. The summed E-state index contributed by atoms with van der Waals surface area (Å²) in [5.74, 6) is 0. The molecule has 0 aromatic heterocycles. The van der Waals surface area contributed by atoms with Gasteiger partial charge in [0.05, 0.1) is 0 Å². The highest BCUT2D eigenvalue weighted by Crippen LogP contribution is 2.52. The van der Waals surface area contributed by atoms with Crippen molar-refractivity contribution < 1.29 is 0 Å². The summed E-state index contributed by atoms with van der Waals surface area (Å²) in [6, 6.07) is 0. The van der Waals surface area contributed by atoms with Gasteiger partial charge in [-0.15, -0.1) is 0 Å². The van der Waals surface area contributed by atoms with E-state index in [0.717, 1.165) is 5.41 Å². The molecule has 1 saturated heterocycles. The van der Waals surface area contributed by atoms with E-state index in [4.69, 9.17) is 0 Å². The van der Waals surface area contributed by atoms with Crippen molar-refractivity contribution in [3.8, 4) is 0 Å². The number of hydrogen-bond donors (Lipinski definition) is 1. The molecule has 8 heavy (non-hydrogen) atoms. The van der Waals surface area contributed by atoms with Crippen LogP contribution in [-0.2, 0) is 0 Å². The Morgan fingerprint density at radius 3 is 1.88 bits per heavy atom. The van der Waals surface area contributed by atoms with Crippen molar-refractivity contribution in [2.75, 3.05) is 13.1 Å². The molecule has 1 aliphatic heterocycles. The predicted molar refractivity (Wildman–Crippen MR) is 33.8 cm³/mol. The third-order valence-corrected chi connectivity index (χ3v) is 2.62. The van der Waals surface area contributed by atoms with Crippen molar-refractivity contribution >= 4 is 0 Å². The van der Waals surface area contributed by atoms with Gasteiger partial charge in [0.1, 0.15) is 0 Å². The Bertz CT molecular complexity index is 86.6. The zero-order valence-corrected chi connectivity index (χ0v) is 5.24. The zero-order chi connectivity index (χ0) is 5.45. The number of piperidine rings is 1. The Hall–Kier alpha value is -0.0400. The molecule has 0 aromatic carbocycles. The van der Waals surface area contributed by atoms with Gasteiger partial charge in [-0.05, 0) is 44.2 Å². The third kappa shape index (κ3) is 0.655. The first-order chi connectivity index (χ1) is 3.91. The lowest BCUT2D eigenvalue weighted by Gasteiger charge is -2.20. The van der Waals surface area contributed by atoms with Gasteiger partial charge >= 0.3 is 0 Å². The first-order valence-corrected chi connectivity index (χ1v) is 3.62. The number of rotatable bonds is 0. The van der Waals surface area contributed by atoms with Crippen molar-refractivity contribution in [1.29, 1.82) is 0 Å². The van der Waals surface area contributed by atoms with Crippen LogP contribution in [0.2, 0.25) is 0 Å². The number of nitrogens with one attached hydrogen (secondary N) is 1. The van der Waals surface area contributed by atoms with E-state index in [1.54, 1.807) is 0 Å². The molecular weight excluding hydrogens is 98.1 g/mol. The largest absolute Gasteiger partial charge is 0.317 e. The lowest BCUT2D eigenvalue weighted by molar-refractivity contribution is 0.353. The van der Waals surface area contributed by atoms with Gasteiger partial charge in [-0.3, -0.25) is 0 Å². The second-order valence-electron chi connectivity index (χ2n) is 3.25. The fourth-order valence-electron chi connectivity index (χ4n) is 1.63. The smallest absolute Gasteiger partial charge is 0.00436 e. The van der Waals surface area contributed by atoms with Crippen LogP contribution in [0.1, 0.15) is 25.7 Å². The average Bonchev–Trinajstić information content (AvgIpc) is 2.52. The van der Waals surface area contributed by atoms with Crippen LogP contribution in [0.15, 0.2) is 0 Å². The SMILES string of the molecule is C1CC2(CCN1)CC2. The van der Waals surface area contributed by atoms with E-state index in [1.807, 2.05) is 0 Å². The lowest BCUT2D eigenvalue weighted by atomic mass is 9.95. The molecule has 0 radical (unpaired) electrons. The van der Waals surface area contributed by atoms with Gasteiger partial charge in [-0.1, -0.05) is 0 Å². The maximum Gasteiger partial charge on any atom is -0.00436 e. The minimum Gasteiger partial charge on any atom is -0.317 e. The van der Waals surface area contributed by atoms with Crippen molar-refractivity contribution in [1.82, 2.24) is 5.32 Å². The van der Waals surface area contributed by atoms with Crippen LogP contribution in [0, 0.1) is 5.41 Å². The molecule has 0 amide bonds. The predicted octanol–water partition coefficient (Wildman–Crippen LogP) is 1.15. The first-order valence-electron chi connectivity index (χ1n) is 3.62. The van der Waals surface area contributed by atoms with Gasteiger partial charge in [0, 0.05) is 0 Å². The van der Waals surface area contributed by atoms with Crippen LogP contribution in [0.5, 0.6) is 0 Å². The fourth-order valence-corrected chi connectivity index (χ4v) is 1.63. The highest BCUT2D eigenvalue weighted by Gasteiger charge is 2.42. The molecule has 0 atom stereocenters. The summed E-state index contributed by atoms with van der Waals surface area (Å²) in [5.41, 5.74) is 0.866. The van der Waals surface area contributed by atoms with Crippen molar-refractivity contribution in [3.63, 3.8) is 0 Å². The van der Waals surface area contributed by atoms with Gasteiger partial charge in [-0.25, -0.2) is 0 Å². The minimum atomic E-state index is 0.866. The monoisotopic (exact) mass is 111 g/mol. The van der Waals surface area contributed by atoms with E-state index in [1.165, 1.54) is 38.8 Å². The van der Waals surface area contributed by atoms with Gasteiger partial charge in [0.15, 0.2) is 0 Å². The maximum atomic E-state index is 3.38. The highest BCUT2D eigenvalue weighted by atomic mass is 14.9. The van der Waals surface area contributed by atoms with Crippen molar-refractivity contribution in [2.45, 2.75) is 25.7 Å². The van der Waals surface area contributed by atoms with Crippen LogP contribution in [0.3, 0.4) is 0 Å². The average molecular weight is 111 g/mol. The highest BCUT2D eigenvalue weighted by molar-refractivity contribution is 4.95. The van der Waals surface area contributed by atoms with Crippen molar-refractivity contribution in [3.05, 3.63) is 0 Å². The third-order valence-electron chi connectivity index (χ3n) is 2.62. The molecule has 1 aliphatic carbocycles. The molecule has 1 N–H and O–H groups in total. The molecule has 2 fully saturated rings. The van der Waals surface area contributed by atoms with Gasteiger partial charge in [0.25, 0.3) is 0 Å². The molecule has 2 aliphatic rings. The molecule has 0 unspecified atom stereocenters.